The number of hydrogen-bond donors (Lipinski definition) is 0. The number of halogens is 3. The second-order valence-corrected chi connectivity index (χ2v) is 7.92. The number of ether oxygens (including phenoxy) is 1. The number of carbonyl (C=O) groups excluding carboxylic acids is 4. The molecule has 1 aromatic rings. The van der Waals surface area contributed by atoms with Crippen molar-refractivity contribution in [3.63, 3.8) is 0 Å². The average Bonchev–Trinajstić information content (AvgIpc) is 2.78. The van der Waals surface area contributed by atoms with Crippen LogP contribution in [0.25, 0.3) is 0 Å². The molecular formula is C16H14Cl3NO5. The van der Waals surface area contributed by atoms with Gasteiger partial charge in [0.15, 0.2) is 0 Å². The lowest BCUT2D eigenvalue weighted by Crippen LogP contribution is -2.31. The minimum absolute atomic E-state index is 0.0241. The molecule has 9 heteroatoms. The number of fused-ring (bicyclic) bond motifs is 1. The molecule has 1 heterocycles. The van der Waals surface area contributed by atoms with E-state index in [1.165, 1.54) is 0 Å². The maximum atomic E-state index is 12.1. The van der Waals surface area contributed by atoms with Crippen molar-refractivity contribution >= 4 is 58.4 Å². The molecule has 0 saturated carbocycles. The number of rotatable bonds is 7. The van der Waals surface area contributed by atoms with Gasteiger partial charge in [-0.05, 0) is 18.6 Å². The number of Topliss-reactive ketones (excluding diaryl/α,β-unsaturated/α-hetero) is 1. The predicted molar refractivity (Wildman–Crippen MR) is 91.9 cm³/mol. The van der Waals surface area contributed by atoms with Gasteiger partial charge in [0.25, 0.3) is 11.8 Å². The molecule has 2 amide bonds. The van der Waals surface area contributed by atoms with Gasteiger partial charge in [-0.25, -0.2) is 0 Å². The standard InChI is InChI=1S/C16H14Cl3NO5/c17-16(18,19)9-25-13(22)8-10(21)4-3-7-20-14(23)11-5-1-2-6-12(11)15(20)24/h1-2,5-6H,3-4,7-9H2. The van der Waals surface area contributed by atoms with E-state index in [1.807, 2.05) is 0 Å². The van der Waals surface area contributed by atoms with Crippen LogP contribution in [0.1, 0.15) is 40.0 Å². The Labute approximate surface area is 159 Å². The van der Waals surface area contributed by atoms with Crippen LogP contribution in [0.4, 0.5) is 0 Å². The van der Waals surface area contributed by atoms with Crippen LogP contribution < -0.4 is 0 Å². The predicted octanol–water partition coefficient (Wildman–Crippen LogP) is 2.94. The van der Waals surface area contributed by atoms with E-state index >= 15 is 0 Å². The third kappa shape index (κ3) is 5.42. The largest absolute Gasteiger partial charge is 0.461 e. The highest BCUT2D eigenvalue weighted by atomic mass is 35.6. The summed E-state index contributed by atoms with van der Waals surface area (Å²) in [6.45, 7) is -0.347. The summed E-state index contributed by atoms with van der Waals surface area (Å²) in [7, 11) is 0. The number of ketones is 1. The van der Waals surface area contributed by atoms with Gasteiger partial charge in [-0.2, -0.15) is 0 Å². The van der Waals surface area contributed by atoms with E-state index in [1.54, 1.807) is 24.3 Å². The Hall–Kier alpha value is -1.63. The monoisotopic (exact) mass is 405 g/mol. The molecule has 0 N–H and O–H groups in total. The highest BCUT2D eigenvalue weighted by molar-refractivity contribution is 6.67. The van der Waals surface area contributed by atoms with E-state index in [4.69, 9.17) is 34.8 Å². The van der Waals surface area contributed by atoms with E-state index in [-0.39, 0.29) is 37.0 Å². The van der Waals surface area contributed by atoms with Crippen molar-refractivity contribution in [1.82, 2.24) is 4.90 Å². The number of imide groups is 1. The van der Waals surface area contributed by atoms with E-state index in [0.29, 0.717) is 11.1 Å². The van der Waals surface area contributed by atoms with Crippen molar-refractivity contribution < 1.29 is 23.9 Å². The normalized spacial score (nSPS) is 13.8. The molecule has 1 aliphatic heterocycles. The molecule has 0 unspecified atom stereocenters. The smallest absolute Gasteiger partial charge is 0.313 e. The van der Waals surface area contributed by atoms with E-state index < -0.39 is 22.8 Å². The van der Waals surface area contributed by atoms with Gasteiger partial charge < -0.3 is 4.74 Å². The fourth-order valence-corrected chi connectivity index (χ4v) is 2.50. The van der Waals surface area contributed by atoms with Gasteiger partial charge in [-0.1, -0.05) is 46.9 Å². The van der Waals surface area contributed by atoms with E-state index in [2.05, 4.69) is 4.74 Å². The van der Waals surface area contributed by atoms with Gasteiger partial charge in [0.05, 0.1) is 11.1 Å². The summed E-state index contributed by atoms with van der Waals surface area (Å²) in [4.78, 5) is 48.6. The molecule has 1 aliphatic rings. The first kappa shape index (κ1) is 19.7. The Morgan fingerprint density at radius 2 is 1.60 bits per heavy atom. The zero-order valence-corrected chi connectivity index (χ0v) is 15.2. The van der Waals surface area contributed by atoms with Gasteiger partial charge in [-0.15, -0.1) is 0 Å². The lowest BCUT2D eigenvalue weighted by atomic mass is 10.1. The molecule has 0 fully saturated rings. The topological polar surface area (TPSA) is 80.8 Å². The molecular weight excluding hydrogens is 393 g/mol. The summed E-state index contributed by atoms with van der Waals surface area (Å²) >= 11 is 16.3. The van der Waals surface area contributed by atoms with Crippen LogP contribution in [0.15, 0.2) is 24.3 Å². The third-order valence-corrected chi connectivity index (χ3v) is 3.78. The number of carbonyl (C=O) groups is 4. The Morgan fingerprint density at radius 1 is 1.04 bits per heavy atom. The zero-order valence-electron chi connectivity index (χ0n) is 13.0. The molecule has 0 spiro atoms. The average molecular weight is 407 g/mol. The van der Waals surface area contributed by atoms with Gasteiger partial charge in [0.2, 0.25) is 3.79 Å². The summed E-state index contributed by atoms with van der Waals surface area (Å²) in [5.74, 6) is -1.94. The SMILES string of the molecule is O=C(CCCN1C(=O)c2ccccc2C1=O)CC(=O)OCC(Cl)(Cl)Cl. The summed E-state index contributed by atoms with van der Waals surface area (Å²) in [5, 5.41) is 0. The number of hydrogen-bond acceptors (Lipinski definition) is 5. The molecule has 0 bridgehead atoms. The highest BCUT2D eigenvalue weighted by Crippen LogP contribution is 2.26. The van der Waals surface area contributed by atoms with Gasteiger partial charge in [-0.3, -0.25) is 24.1 Å². The molecule has 0 aliphatic carbocycles. The van der Waals surface area contributed by atoms with E-state index in [9.17, 15) is 19.2 Å². The Morgan fingerprint density at radius 3 is 2.12 bits per heavy atom. The van der Waals surface area contributed by atoms with Crippen molar-refractivity contribution in [3.8, 4) is 0 Å². The lowest BCUT2D eigenvalue weighted by Gasteiger charge is -2.13. The molecule has 6 nitrogen and oxygen atoms in total. The third-order valence-electron chi connectivity index (χ3n) is 3.45. The molecule has 0 radical (unpaired) electrons. The molecule has 0 atom stereocenters. The van der Waals surface area contributed by atoms with Crippen molar-refractivity contribution in [2.45, 2.75) is 23.1 Å². The molecule has 0 saturated heterocycles. The Bertz CT molecular complexity index is 679. The van der Waals surface area contributed by atoms with Gasteiger partial charge in [0.1, 0.15) is 18.8 Å². The Kier molecular flexibility index (Phi) is 6.43. The first-order valence-corrected chi connectivity index (χ1v) is 8.52. The number of alkyl halides is 3. The number of benzene rings is 1. The lowest BCUT2D eigenvalue weighted by molar-refractivity contribution is -0.145. The molecule has 25 heavy (non-hydrogen) atoms. The van der Waals surface area contributed by atoms with Gasteiger partial charge >= 0.3 is 5.97 Å². The first-order chi connectivity index (χ1) is 11.7. The van der Waals surface area contributed by atoms with Crippen LogP contribution in [0.3, 0.4) is 0 Å². The molecule has 0 aromatic heterocycles. The summed E-state index contributed by atoms with van der Waals surface area (Å²) in [6, 6.07) is 6.53. The van der Waals surface area contributed by atoms with Crippen molar-refractivity contribution in [2.75, 3.05) is 13.2 Å². The quantitative estimate of drug-likeness (QED) is 0.301. The second-order valence-electron chi connectivity index (χ2n) is 5.40. The zero-order chi connectivity index (χ0) is 18.6. The van der Waals surface area contributed by atoms with E-state index in [0.717, 1.165) is 4.90 Å². The molecule has 2 rings (SSSR count). The highest BCUT2D eigenvalue weighted by Gasteiger charge is 2.34. The van der Waals surface area contributed by atoms with Crippen LogP contribution in [-0.2, 0) is 14.3 Å². The fraction of sp³-hybridized carbons (Fsp3) is 0.375. The van der Waals surface area contributed by atoms with Crippen LogP contribution >= 0.6 is 34.8 Å². The maximum absolute atomic E-state index is 12.1. The number of esters is 1. The first-order valence-electron chi connectivity index (χ1n) is 7.38. The number of amides is 2. The van der Waals surface area contributed by atoms with Crippen LogP contribution in [0.5, 0.6) is 0 Å². The Balaban J connectivity index is 1.76. The number of nitrogens with zero attached hydrogens (tertiary/aromatic N) is 1. The maximum Gasteiger partial charge on any atom is 0.313 e. The summed E-state index contributed by atoms with van der Waals surface area (Å²) < 4.78 is 2.93. The van der Waals surface area contributed by atoms with Crippen molar-refractivity contribution in [3.05, 3.63) is 35.4 Å². The van der Waals surface area contributed by atoms with Crippen molar-refractivity contribution in [2.24, 2.45) is 0 Å². The summed E-state index contributed by atoms with van der Waals surface area (Å²) in [5.41, 5.74) is 0.711. The molecule has 1 aromatic carbocycles. The van der Waals surface area contributed by atoms with Crippen LogP contribution in [-0.4, -0.2) is 45.4 Å². The fourth-order valence-electron chi connectivity index (χ4n) is 2.34. The van der Waals surface area contributed by atoms with Crippen LogP contribution in [0.2, 0.25) is 0 Å². The van der Waals surface area contributed by atoms with Crippen LogP contribution in [0, 0.1) is 0 Å². The minimum atomic E-state index is -1.73. The molecule has 134 valence electrons. The minimum Gasteiger partial charge on any atom is -0.461 e. The second kappa shape index (κ2) is 8.17. The van der Waals surface area contributed by atoms with Gasteiger partial charge in [0, 0.05) is 13.0 Å². The summed E-state index contributed by atoms with van der Waals surface area (Å²) in [6.07, 6.45) is -0.179. The van der Waals surface area contributed by atoms with Crippen molar-refractivity contribution in [1.29, 1.82) is 0 Å².